The predicted molar refractivity (Wildman–Crippen MR) is 203 cm³/mol. The molecule has 0 amide bonds. The van der Waals surface area contributed by atoms with Gasteiger partial charge in [0, 0.05) is 17.3 Å². The van der Waals surface area contributed by atoms with E-state index in [0.29, 0.717) is 120 Å². The Bertz CT molecular complexity index is 872. The summed E-state index contributed by atoms with van der Waals surface area (Å²) in [6, 6.07) is 0. The lowest BCUT2D eigenvalue weighted by Crippen LogP contribution is -2.13. The maximum absolute atomic E-state index is 11.0. The smallest absolute Gasteiger partial charge is 0.264 e. The molecule has 0 aliphatic carbocycles. The van der Waals surface area contributed by atoms with Gasteiger partial charge in [-0.25, -0.2) is 0 Å². The maximum Gasteiger partial charge on any atom is 0.264 e. The molecular weight excluding hydrogens is 776 g/mol. The molecule has 0 unspecified atom stereocenters. The molecule has 0 heterocycles. The second-order valence-electron chi connectivity index (χ2n) is 8.68. The van der Waals surface area contributed by atoms with E-state index in [1.807, 2.05) is 13.8 Å². The van der Waals surface area contributed by atoms with Gasteiger partial charge in [-0.05, 0) is 62.9 Å². The minimum absolute atomic E-state index is 0.230. The summed E-state index contributed by atoms with van der Waals surface area (Å²) < 4.78 is 87.2. The normalized spacial score (nSPS) is 12.0. The molecule has 0 atom stereocenters. The van der Waals surface area contributed by atoms with E-state index in [9.17, 15) is 8.42 Å². The van der Waals surface area contributed by atoms with Crippen LogP contribution in [0.15, 0.2) is 0 Å². The molecule has 0 aliphatic heterocycles. The van der Waals surface area contributed by atoms with Crippen LogP contribution >= 0.6 is 65.0 Å². The van der Waals surface area contributed by atoms with E-state index in [4.69, 9.17) is 87.7 Å². The highest BCUT2D eigenvalue weighted by Crippen LogP contribution is 2.61. The van der Waals surface area contributed by atoms with Crippen LogP contribution in [0, 0.1) is 0 Å². The van der Waals surface area contributed by atoms with Crippen LogP contribution in [0.2, 0.25) is 0 Å². The molecule has 1 N–H and O–H groups in total. The molecule has 0 aromatic rings. The van der Waals surface area contributed by atoms with E-state index >= 15 is 0 Å². The Balaban J connectivity index is 4.03. The third-order valence-corrected chi connectivity index (χ3v) is 13.6. The first-order valence-corrected chi connectivity index (χ1v) is 23.8. The van der Waals surface area contributed by atoms with Crippen molar-refractivity contribution in [3.05, 3.63) is 0 Å². The Morgan fingerprint density at radius 1 is 0.596 bits per heavy atom. The van der Waals surface area contributed by atoms with Gasteiger partial charge in [0.2, 0.25) is 14.5 Å². The van der Waals surface area contributed by atoms with Gasteiger partial charge in [-0.1, -0.05) is 34.9 Å². The molecule has 13 nitrogen and oxygen atoms in total. The first kappa shape index (κ1) is 48.1. The highest BCUT2D eigenvalue weighted by atomic mass is 32.9. The van der Waals surface area contributed by atoms with Crippen LogP contribution in [0.25, 0.3) is 0 Å². The number of thioether (sulfide) groups is 2. The Hall–Kier alpha value is 1.07. The van der Waals surface area contributed by atoms with Crippen molar-refractivity contribution < 1.29 is 59.9 Å². The summed E-state index contributed by atoms with van der Waals surface area (Å²) in [5.74, 6) is 1.68. The average molecular weight is 827 g/mol. The van der Waals surface area contributed by atoms with Crippen molar-refractivity contribution in [2.24, 2.45) is 0 Å². The van der Waals surface area contributed by atoms with Gasteiger partial charge in [0.15, 0.2) is 0 Å². The van der Waals surface area contributed by atoms with Gasteiger partial charge in [-0.15, -0.1) is 0 Å². The second kappa shape index (κ2) is 34.2. The summed E-state index contributed by atoms with van der Waals surface area (Å²) in [6.07, 6.45) is 0.842. The Labute approximate surface area is 309 Å². The molecule has 0 aromatic carbocycles. The lowest BCUT2D eigenvalue weighted by atomic mass is 10.4. The fourth-order valence-corrected chi connectivity index (χ4v) is 9.75. The topological polar surface area (TPSA) is 147 Å². The van der Waals surface area contributed by atoms with Gasteiger partial charge >= 0.3 is 0 Å². The maximum atomic E-state index is 11.0. The number of hydrogen-bond acceptors (Lipinski definition) is 18. The zero-order chi connectivity index (χ0) is 34.9. The third kappa shape index (κ3) is 36.7. The predicted octanol–water partition coefficient (Wildman–Crippen LogP) is 4.85. The van der Waals surface area contributed by atoms with E-state index in [-0.39, 0.29) is 19.0 Å². The molecular formula is C26H51O13PS7. The summed E-state index contributed by atoms with van der Waals surface area (Å²) in [5.41, 5.74) is -2.73. The van der Waals surface area contributed by atoms with Crippen LogP contribution in [0.5, 0.6) is 0 Å². The highest BCUT2D eigenvalue weighted by molar-refractivity contribution is 8.67. The van der Waals surface area contributed by atoms with E-state index in [1.165, 1.54) is 34.9 Å². The van der Waals surface area contributed by atoms with E-state index in [1.54, 1.807) is 0 Å². The molecule has 0 radical (unpaired) electrons. The highest BCUT2D eigenvalue weighted by Gasteiger charge is 2.20. The van der Waals surface area contributed by atoms with Crippen molar-refractivity contribution in [2.45, 2.75) is 26.7 Å². The lowest BCUT2D eigenvalue weighted by Gasteiger charge is -2.21. The van der Waals surface area contributed by atoms with Crippen LogP contribution < -0.4 is 0 Å². The minimum Gasteiger partial charge on any atom is -0.479 e. The van der Waals surface area contributed by atoms with Crippen molar-refractivity contribution in [3.63, 3.8) is 0 Å². The monoisotopic (exact) mass is 826 g/mol. The molecule has 47 heavy (non-hydrogen) atoms. The first-order valence-electron chi connectivity index (χ1n) is 15.2. The van der Waals surface area contributed by atoms with Crippen molar-refractivity contribution in [1.82, 2.24) is 0 Å². The van der Waals surface area contributed by atoms with Crippen LogP contribution in [-0.4, -0.2) is 150 Å². The quantitative estimate of drug-likeness (QED) is 0.0408. The third-order valence-electron chi connectivity index (χ3n) is 4.91. The lowest BCUT2D eigenvalue weighted by molar-refractivity contribution is 0.00876. The molecule has 280 valence electrons. The van der Waals surface area contributed by atoms with Gasteiger partial charge in [-0.2, -0.15) is 8.42 Å². The molecule has 0 saturated heterocycles. The van der Waals surface area contributed by atoms with Crippen molar-refractivity contribution in [3.8, 4) is 0 Å². The standard InChI is InChI=1S/C26H51O13PS7/c1-3-36-25(41)44-22-19-34-13-11-30-7-9-32-15-17-38-40(43,46-21-5-6-24-47(27,28)29)39-18-16-33-10-8-31-12-14-35-20-23-45-26(42)37-4-2/h3-24H2,1-2H3,(H,27,28,29). The fraction of sp³-hybridized carbons (Fsp3) is 0.923. The molecule has 0 fully saturated rings. The fourth-order valence-electron chi connectivity index (χ4n) is 2.86. The largest absolute Gasteiger partial charge is 0.479 e. The zero-order valence-corrected chi connectivity index (χ0v) is 33.8. The number of ether oxygens (including phenoxy) is 8. The summed E-state index contributed by atoms with van der Waals surface area (Å²) in [7, 11) is -3.99. The van der Waals surface area contributed by atoms with Gasteiger partial charge < -0.3 is 46.9 Å². The molecule has 0 aromatic heterocycles. The van der Waals surface area contributed by atoms with Crippen LogP contribution in [0.4, 0.5) is 0 Å². The van der Waals surface area contributed by atoms with Crippen molar-refractivity contribution in [2.75, 3.05) is 129 Å². The summed E-state index contributed by atoms with van der Waals surface area (Å²) >= 11 is 20.0. The molecule has 0 aliphatic rings. The SMILES string of the molecule is CCOC(=S)SCCOCCOCCOCCOP(=S)(OCCOCCOCCOCCSC(=S)OCC)SCCCCS(=O)(=O)O. The first-order chi connectivity index (χ1) is 22.6. The van der Waals surface area contributed by atoms with Crippen molar-refractivity contribution >= 4 is 95.7 Å². The van der Waals surface area contributed by atoms with E-state index in [2.05, 4.69) is 0 Å². The Kier molecular flexibility index (Phi) is 34.9. The number of unbranched alkanes of at least 4 members (excludes halogenated alkanes) is 1. The number of hydrogen-bond donors (Lipinski definition) is 1. The summed E-state index contributed by atoms with van der Waals surface area (Å²) in [6.45, 7) is 10.6. The van der Waals surface area contributed by atoms with Crippen LogP contribution in [-0.2, 0) is 68.9 Å². The molecule has 0 rings (SSSR count). The van der Waals surface area contributed by atoms with Gasteiger partial charge in [0.1, 0.15) is 0 Å². The zero-order valence-electron chi connectivity index (χ0n) is 27.2. The Morgan fingerprint density at radius 3 is 1.32 bits per heavy atom. The van der Waals surface area contributed by atoms with E-state index in [0.717, 1.165) is 11.5 Å². The van der Waals surface area contributed by atoms with Crippen LogP contribution in [0.3, 0.4) is 0 Å². The Morgan fingerprint density at radius 2 is 0.957 bits per heavy atom. The molecule has 0 saturated carbocycles. The van der Waals surface area contributed by atoms with Crippen LogP contribution in [0.1, 0.15) is 26.7 Å². The van der Waals surface area contributed by atoms with Gasteiger partial charge in [0.05, 0.1) is 111 Å². The minimum atomic E-state index is -3.99. The van der Waals surface area contributed by atoms with E-state index < -0.39 is 15.8 Å². The second-order valence-corrected chi connectivity index (χ2v) is 20.1. The number of rotatable bonds is 34. The van der Waals surface area contributed by atoms with Crippen molar-refractivity contribution in [1.29, 1.82) is 0 Å². The molecule has 0 bridgehead atoms. The molecule has 21 heteroatoms. The average Bonchev–Trinajstić information content (AvgIpc) is 3.01. The summed E-state index contributed by atoms with van der Waals surface area (Å²) in [4.78, 5) is 0. The number of thiocarbonyl (C=S) groups is 2. The van der Waals surface area contributed by atoms with Gasteiger partial charge in [-0.3, -0.25) is 4.55 Å². The van der Waals surface area contributed by atoms with Gasteiger partial charge in [0.25, 0.3) is 10.1 Å². The molecule has 0 spiro atoms. The summed E-state index contributed by atoms with van der Waals surface area (Å²) in [5, 5.41) is 0.